The summed E-state index contributed by atoms with van der Waals surface area (Å²) in [5, 5.41) is 36.8. The van der Waals surface area contributed by atoms with Crippen molar-refractivity contribution in [3.05, 3.63) is 0 Å². The molecule has 4 N–H and O–H groups in total. The molecule has 0 rings (SSSR count). The Balaban J connectivity index is -0.000000678. The molecule has 0 aliphatic heterocycles. The summed E-state index contributed by atoms with van der Waals surface area (Å²) >= 11 is 0. The predicted molar refractivity (Wildman–Crippen MR) is 495 cm³/mol. The van der Waals surface area contributed by atoms with Crippen molar-refractivity contribution in [3.63, 3.8) is 0 Å². The van der Waals surface area contributed by atoms with Crippen molar-refractivity contribution >= 4 is 0 Å². The van der Waals surface area contributed by atoms with E-state index in [2.05, 4.69) is 75.0 Å². The van der Waals surface area contributed by atoms with Gasteiger partial charge in [-0.15, -0.1) is 0 Å². The molecule has 0 aromatic rings. The molecule has 8 nitrogen and oxygen atoms in total. The zero-order valence-electron chi connectivity index (χ0n) is 77.3. The van der Waals surface area contributed by atoms with E-state index < -0.39 is 0 Å². The Morgan fingerprint density at radius 3 is 0.321 bits per heavy atom. The number of aliphatic hydroxyl groups is 4. The first-order valence-electron chi connectivity index (χ1n) is 51.2. The molecule has 0 radical (unpaired) electrons. The molecule has 8 heteroatoms. The lowest BCUT2D eigenvalue weighted by Crippen LogP contribution is -2.29. The zero-order chi connectivity index (χ0) is 80.1. The normalized spacial score (nSPS) is 11.6. The quantitative estimate of drug-likeness (QED) is 0.0448. The molecule has 0 aliphatic carbocycles. The van der Waals surface area contributed by atoms with Crippen LogP contribution in [0, 0.1) is 0 Å². The molecule has 109 heavy (non-hydrogen) atoms. The SMILES string of the molecule is CCCCCCCCCCCCN(CCCCO)CCCCCCCCCCCC.CCCCCCCCCCCCN(CCCO)CCCCCCCCCCCC.CCCCCCCCCCCCN(CCO)CCCCCCCCCCCC.CCCCCCCCCN(CCO)CCCCCCCCC. The van der Waals surface area contributed by atoms with Gasteiger partial charge in [0.1, 0.15) is 0 Å². The Kier molecular flexibility index (Phi) is 118. The van der Waals surface area contributed by atoms with Crippen LogP contribution in [0.15, 0.2) is 0 Å². The van der Waals surface area contributed by atoms with Crippen LogP contribution in [-0.4, -0.2) is 145 Å². The van der Waals surface area contributed by atoms with Crippen LogP contribution < -0.4 is 0 Å². The molecular formula is C101H214N4O4. The van der Waals surface area contributed by atoms with Gasteiger partial charge < -0.3 is 40.0 Å². The lowest BCUT2D eigenvalue weighted by Gasteiger charge is -2.22. The van der Waals surface area contributed by atoms with E-state index in [9.17, 15) is 15.3 Å². The third-order valence-electron chi connectivity index (χ3n) is 23.5. The third kappa shape index (κ3) is 110. The second-order valence-electron chi connectivity index (χ2n) is 34.7. The fraction of sp³-hybridized carbons (Fsp3) is 1.00. The van der Waals surface area contributed by atoms with Gasteiger partial charge in [0.25, 0.3) is 0 Å². The highest BCUT2D eigenvalue weighted by atomic mass is 16.3. The van der Waals surface area contributed by atoms with E-state index in [0.717, 1.165) is 38.9 Å². The number of nitrogens with zero attached hydrogens (tertiary/aromatic N) is 4. The molecule has 0 aliphatic rings. The van der Waals surface area contributed by atoms with Crippen molar-refractivity contribution in [2.75, 3.05) is 105 Å². The van der Waals surface area contributed by atoms with Gasteiger partial charge in [-0.05, 0) is 130 Å². The second kappa shape index (κ2) is 112. The van der Waals surface area contributed by atoms with Crippen molar-refractivity contribution in [2.45, 2.75) is 550 Å². The van der Waals surface area contributed by atoms with Gasteiger partial charge in [0.15, 0.2) is 0 Å². The van der Waals surface area contributed by atoms with Crippen LogP contribution in [0.5, 0.6) is 0 Å². The van der Waals surface area contributed by atoms with Crippen LogP contribution in [-0.2, 0) is 0 Å². The average Bonchev–Trinajstić information content (AvgIpc) is 1.38. The Bertz CT molecular complexity index is 1370. The molecular weight excluding hydrogens is 1330 g/mol. The third-order valence-corrected chi connectivity index (χ3v) is 23.5. The number of aliphatic hydroxyl groups excluding tert-OH is 4. The topological polar surface area (TPSA) is 93.9 Å². The lowest BCUT2D eigenvalue weighted by atomic mass is 10.1. The molecule has 0 saturated heterocycles. The van der Waals surface area contributed by atoms with Gasteiger partial charge in [-0.2, -0.15) is 0 Å². The summed E-state index contributed by atoms with van der Waals surface area (Å²) in [6, 6.07) is 0. The molecule has 0 aromatic carbocycles. The maximum Gasteiger partial charge on any atom is 0.0558 e. The van der Waals surface area contributed by atoms with Crippen LogP contribution in [0.4, 0.5) is 0 Å². The minimum Gasteiger partial charge on any atom is -0.396 e. The maximum absolute atomic E-state index is 9.32. The molecule has 0 fully saturated rings. The molecule has 0 aromatic heterocycles. The van der Waals surface area contributed by atoms with Gasteiger partial charge in [0.2, 0.25) is 0 Å². The minimum absolute atomic E-state index is 0.312. The smallest absolute Gasteiger partial charge is 0.0558 e. The van der Waals surface area contributed by atoms with Crippen molar-refractivity contribution < 1.29 is 20.4 Å². The number of unbranched alkanes of at least 4 members (excludes halogenated alkanes) is 67. The van der Waals surface area contributed by atoms with Gasteiger partial charge in [0.05, 0.1) is 13.2 Å². The summed E-state index contributed by atoms with van der Waals surface area (Å²) in [4.78, 5) is 10.3. The van der Waals surface area contributed by atoms with Gasteiger partial charge in [-0.3, -0.25) is 0 Å². The van der Waals surface area contributed by atoms with E-state index in [-0.39, 0.29) is 0 Å². The summed E-state index contributed by atoms with van der Waals surface area (Å²) in [5.41, 5.74) is 0. The second-order valence-corrected chi connectivity index (χ2v) is 34.7. The van der Waals surface area contributed by atoms with Crippen molar-refractivity contribution in [3.8, 4) is 0 Å². The molecule has 0 unspecified atom stereocenters. The monoisotopic (exact) mass is 1550 g/mol. The Morgan fingerprint density at radius 1 is 0.101 bits per heavy atom. The molecule has 0 heterocycles. The van der Waals surface area contributed by atoms with E-state index >= 15 is 0 Å². The lowest BCUT2D eigenvalue weighted by molar-refractivity contribution is 0.190. The van der Waals surface area contributed by atoms with Gasteiger partial charge in [0, 0.05) is 32.8 Å². The van der Waals surface area contributed by atoms with Crippen molar-refractivity contribution in [1.82, 2.24) is 19.6 Å². The van der Waals surface area contributed by atoms with Crippen LogP contribution in [0.2, 0.25) is 0 Å². The highest BCUT2D eigenvalue weighted by molar-refractivity contribution is 4.65. The minimum atomic E-state index is 0.312. The number of hydrogen-bond donors (Lipinski definition) is 4. The number of hydrogen-bond acceptors (Lipinski definition) is 8. The Labute approximate surface area is 690 Å². The van der Waals surface area contributed by atoms with E-state index in [1.54, 1.807) is 0 Å². The predicted octanol–water partition coefficient (Wildman–Crippen LogP) is 31.3. The van der Waals surface area contributed by atoms with Gasteiger partial charge >= 0.3 is 0 Å². The summed E-state index contributed by atoms with van der Waals surface area (Å²) in [6.07, 6.45) is 107. The standard InChI is InChI=1S/C28H59NO.C27H57NO.C26H55NO.C20H43NO/c1-3-5-7-9-11-13-15-17-19-21-25-29(27-23-24-28-30)26-22-20-18-16-14-12-10-8-6-4-2;1-3-5-7-9-11-13-15-17-19-21-24-28(26-23-27-29)25-22-20-18-16-14-12-10-8-6-4-2;1-3-5-7-9-11-13-15-17-19-21-23-27(25-26-28)24-22-20-18-16-14-12-10-8-6-4-2;1-3-5-7-9-11-13-15-17-21(19-20-22)18-16-14-12-10-8-6-4-2/h30H,3-28H2,1-2H3;29H,3-27H2,1-2H3;28H,3-26H2,1-2H3;22H,3-20H2,1-2H3. The Hall–Kier alpha value is -0.320. The summed E-state index contributed by atoms with van der Waals surface area (Å²) in [5.74, 6) is 0. The fourth-order valence-electron chi connectivity index (χ4n) is 15.9. The molecule has 0 saturated carbocycles. The highest BCUT2D eigenvalue weighted by Crippen LogP contribution is 2.19. The first-order chi connectivity index (χ1) is 53.9. The molecule has 662 valence electrons. The van der Waals surface area contributed by atoms with Crippen molar-refractivity contribution in [1.29, 1.82) is 0 Å². The molecule has 0 amide bonds. The maximum atomic E-state index is 9.32. The fourth-order valence-corrected chi connectivity index (χ4v) is 15.9. The van der Waals surface area contributed by atoms with Crippen LogP contribution in [0.1, 0.15) is 550 Å². The highest BCUT2D eigenvalue weighted by Gasteiger charge is 2.10. The van der Waals surface area contributed by atoms with Crippen molar-refractivity contribution in [2.24, 2.45) is 0 Å². The number of rotatable bonds is 93. The average molecular weight is 1550 g/mol. The van der Waals surface area contributed by atoms with E-state index in [1.807, 2.05) is 0 Å². The van der Waals surface area contributed by atoms with Crippen LogP contribution in [0.3, 0.4) is 0 Å². The largest absolute Gasteiger partial charge is 0.396 e. The van der Waals surface area contributed by atoms with E-state index in [4.69, 9.17) is 5.11 Å². The van der Waals surface area contributed by atoms with Crippen LogP contribution >= 0.6 is 0 Å². The molecule has 0 spiro atoms. The van der Waals surface area contributed by atoms with E-state index in [1.165, 1.54) is 534 Å². The van der Waals surface area contributed by atoms with E-state index in [0.29, 0.717) is 26.4 Å². The summed E-state index contributed by atoms with van der Waals surface area (Å²) in [7, 11) is 0. The molecule has 0 atom stereocenters. The summed E-state index contributed by atoms with van der Waals surface area (Å²) < 4.78 is 0. The van der Waals surface area contributed by atoms with Gasteiger partial charge in [-0.1, -0.05) is 479 Å². The summed E-state index contributed by atoms with van der Waals surface area (Å²) in [6.45, 7) is 33.4. The van der Waals surface area contributed by atoms with Crippen LogP contribution in [0.25, 0.3) is 0 Å². The first-order valence-corrected chi connectivity index (χ1v) is 51.2. The van der Waals surface area contributed by atoms with Gasteiger partial charge in [-0.25, -0.2) is 0 Å². The first kappa shape index (κ1) is 115. The zero-order valence-corrected chi connectivity index (χ0v) is 77.3. The Morgan fingerprint density at radius 2 is 0.202 bits per heavy atom. The molecule has 0 bridgehead atoms.